The van der Waals surface area contributed by atoms with E-state index in [4.69, 9.17) is 0 Å². The smallest absolute Gasteiger partial charge is 0.305 e. The molecule has 0 radical (unpaired) electrons. The highest BCUT2D eigenvalue weighted by molar-refractivity contribution is 5.90. The van der Waals surface area contributed by atoms with E-state index in [9.17, 15) is 19.8 Å². The van der Waals surface area contributed by atoms with Gasteiger partial charge < -0.3 is 14.9 Å². The van der Waals surface area contributed by atoms with Crippen LogP contribution in [0.2, 0.25) is 0 Å². The summed E-state index contributed by atoms with van der Waals surface area (Å²) in [7, 11) is 1.36. The minimum Gasteiger partial charge on any atom is -0.469 e. The fraction of sp³-hybridized carbons (Fsp3) is 0.714. The van der Waals surface area contributed by atoms with Crippen LogP contribution in [0, 0.1) is 29.1 Å². The van der Waals surface area contributed by atoms with Crippen LogP contribution in [0.4, 0.5) is 0 Å². The first-order chi connectivity index (χ1) is 12.3. The van der Waals surface area contributed by atoms with Crippen LogP contribution >= 0.6 is 0 Å². The molecular formula is C21H32O5. The molecular weight excluding hydrogens is 332 g/mol. The Hall–Kier alpha value is -1.64. The molecule has 0 aromatic rings. The molecule has 1 aliphatic rings. The van der Waals surface area contributed by atoms with Crippen molar-refractivity contribution in [2.75, 3.05) is 7.11 Å². The number of aliphatic hydroxyl groups is 2. The largest absolute Gasteiger partial charge is 0.469 e. The Labute approximate surface area is 156 Å². The summed E-state index contributed by atoms with van der Waals surface area (Å²) in [5.74, 6) is 5.06. The summed E-state index contributed by atoms with van der Waals surface area (Å²) in [5, 5.41) is 20.5. The summed E-state index contributed by atoms with van der Waals surface area (Å²) in [4.78, 5) is 23.7. The molecule has 2 N–H and O–H groups in total. The summed E-state index contributed by atoms with van der Waals surface area (Å²) in [6.45, 7) is 5.51. The van der Waals surface area contributed by atoms with Crippen molar-refractivity contribution >= 4 is 11.8 Å². The van der Waals surface area contributed by atoms with Crippen LogP contribution in [0.1, 0.15) is 59.3 Å². The van der Waals surface area contributed by atoms with E-state index >= 15 is 0 Å². The number of rotatable bonds is 8. The van der Waals surface area contributed by atoms with Gasteiger partial charge in [-0.3, -0.25) is 9.59 Å². The van der Waals surface area contributed by atoms with Crippen molar-refractivity contribution in [1.29, 1.82) is 0 Å². The van der Waals surface area contributed by atoms with Crippen LogP contribution in [-0.2, 0) is 14.3 Å². The summed E-state index contributed by atoms with van der Waals surface area (Å²) in [6, 6.07) is 0. The zero-order valence-electron chi connectivity index (χ0n) is 16.3. The lowest BCUT2D eigenvalue weighted by Gasteiger charge is -2.22. The number of aliphatic hydroxyl groups excluding tert-OH is 2. The van der Waals surface area contributed by atoms with Crippen molar-refractivity contribution in [3.63, 3.8) is 0 Å². The van der Waals surface area contributed by atoms with Crippen LogP contribution < -0.4 is 0 Å². The van der Waals surface area contributed by atoms with Gasteiger partial charge >= 0.3 is 5.97 Å². The number of ether oxygens (including phenoxy) is 1. The number of hydrogen-bond acceptors (Lipinski definition) is 5. The van der Waals surface area contributed by atoms with Gasteiger partial charge in [0.2, 0.25) is 0 Å². The quantitative estimate of drug-likeness (QED) is 0.299. The van der Waals surface area contributed by atoms with E-state index in [1.165, 1.54) is 7.11 Å². The van der Waals surface area contributed by atoms with Gasteiger partial charge in [-0.25, -0.2) is 0 Å². The van der Waals surface area contributed by atoms with Crippen LogP contribution in [0.25, 0.3) is 0 Å². The summed E-state index contributed by atoms with van der Waals surface area (Å²) < 4.78 is 4.58. The molecule has 0 unspecified atom stereocenters. The Morgan fingerprint density at radius 2 is 2.08 bits per heavy atom. The van der Waals surface area contributed by atoms with Crippen molar-refractivity contribution in [3.8, 4) is 11.8 Å². The Balaban J connectivity index is 2.72. The molecule has 146 valence electrons. The Morgan fingerprint density at radius 3 is 2.69 bits per heavy atom. The van der Waals surface area contributed by atoms with E-state index in [0.29, 0.717) is 32.1 Å². The van der Waals surface area contributed by atoms with Crippen LogP contribution in [0.15, 0.2) is 12.2 Å². The van der Waals surface area contributed by atoms with Crippen molar-refractivity contribution in [2.24, 2.45) is 17.3 Å². The average Bonchev–Trinajstić information content (AvgIpc) is 2.76. The molecule has 5 nitrogen and oxygen atoms in total. The third kappa shape index (κ3) is 5.96. The molecule has 1 aliphatic carbocycles. The molecule has 26 heavy (non-hydrogen) atoms. The third-order valence-electron chi connectivity index (χ3n) is 5.04. The summed E-state index contributed by atoms with van der Waals surface area (Å²) >= 11 is 0. The second kappa shape index (κ2) is 10.5. The summed E-state index contributed by atoms with van der Waals surface area (Å²) in [6.07, 6.45) is 5.53. The maximum atomic E-state index is 12.7. The lowest BCUT2D eigenvalue weighted by Crippen LogP contribution is -2.31. The maximum Gasteiger partial charge on any atom is 0.305 e. The molecule has 0 aromatic heterocycles. The number of carbonyl (C=O) groups excluding carboxylic acids is 2. The SMILES string of the molecule is CCC[C@H](O)/C=C/[C@@H]1[C@@H](CC#CCCCC(=O)OC)C(=O)C(C)(C)[C@H]1O. The predicted octanol–water partition coefficient (Wildman–Crippen LogP) is 2.64. The average molecular weight is 364 g/mol. The van der Waals surface area contributed by atoms with Crippen molar-refractivity contribution in [2.45, 2.75) is 71.5 Å². The molecule has 0 aromatic carbocycles. The normalized spacial score (nSPS) is 25.8. The van der Waals surface area contributed by atoms with E-state index in [2.05, 4.69) is 16.6 Å². The van der Waals surface area contributed by atoms with Crippen molar-refractivity contribution in [3.05, 3.63) is 12.2 Å². The number of methoxy groups -OCH3 is 1. The van der Waals surface area contributed by atoms with E-state index in [-0.39, 0.29) is 23.6 Å². The van der Waals surface area contributed by atoms with E-state index in [1.807, 2.05) is 6.92 Å². The number of esters is 1. The second-order valence-corrected chi connectivity index (χ2v) is 7.44. The van der Waals surface area contributed by atoms with Crippen LogP contribution in [-0.4, -0.2) is 41.3 Å². The second-order valence-electron chi connectivity index (χ2n) is 7.44. The third-order valence-corrected chi connectivity index (χ3v) is 5.04. The molecule has 0 saturated heterocycles. The number of ketones is 1. The molecule has 0 bridgehead atoms. The fourth-order valence-corrected chi connectivity index (χ4v) is 3.31. The Kier molecular flexibility index (Phi) is 9.04. The lowest BCUT2D eigenvalue weighted by molar-refractivity contribution is -0.140. The molecule has 0 spiro atoms. The Morgan fingerprint density at radius 1 is 1.38 bits per heavy atom. The fourth-order valence-electron chi connectivity index (χ4n) is 3.31. The first-order valence-corrected chi connectivity index (χ1v) is 9.37. The van der Waals surface area contributed by atoms with Gasteiger partial charge in [0.1, 0.15) is 5.78 Å². The van der Waals surface area contributed by atoms with Crippen molar-refractivity contribution in [1.82, 2.24) is 0 Å². The Bertz CT molecular complexity index is 567. The highest BCUT2D eigenvalue weighted by atomic mass is 16.5. The standard InChI is InChI=1S/C21H32O5/c1-5-10-15(22)13-14-17-16(19(24)21(2,3)20(17)25)11-8-6-7-9-12-18(23)26-4/h13-17,20,22,25H,5,7,9-12H2,1-4H3/b14-13+/t15-,16+,17+,20-/m0/s1. The number of hydrogen-bond donors (Lipinski definition) is 2. The molecule has 5 heteroatoms. The molecule has 4 atom stereocenters. The van der Waals surface area contributed by atoms with Gasteiger partial charge in [-0.1, -0.05) is 39.3 Å². The van der Waals surface area contributed by atoms with Gasteiger partial charge in [-0.05, 0) is 12.8 Å². The van der Waals surface area contributed by atoms with Gasteiger partial charge in [0.15, 0.2) is 0 Å². The van der Waals surface area contributed by atoms with Gasteiger partial charge in [0.25, 0.3) is 0 Å². The van der Waals surface area contributed by atoms with Gasteiger partial charge in [-0.2, -0.15) is 0 Å². The van der Waals surface area contributed by atoms with Gasteiger partial charge in [-0.15, -0.1) is 11.8 Å². The summed E-state index contributed by atoms with van der Waals surface area (Å²) in [5.41, 5.74) is -0.818. The molecule has 0 amide bonds. The van der Waals surface area contributed by atoms with Gasteiger partial charge in [0, 0.05) is 31.1 Å². The first-order valence-electron chi connectivity index (χ1n) is 9.37. The molecule has 0 aliphatic heterocycles. The zero-order chi connectivity index (χ0) is 19.7. The molecule has 0 heterocycles. The van der Waals surface area contributed by atoms with Crippen molar-refractivity contribution < 1.29 is 24.5 Å². The minimum absolute atomic E-state index is 0.00786. The van der Waals surface area contributed by atoms with E-state index in [0.717, 1.165) is 6.42 Å². The highest BCUT2D eigenvalue weighted by Gasteiger charge is 2.52. The highest BCUT2D eigenvalue weighted by Crippen LogP contribution is 2.44. The number of carbonyl (C=O) groups is 2. The topological polar surface area (TPSA) is 83.8 Å². The zero-order valence-corrected chi connectivity index (χ0v) is 16.3. The van der Waals surface area contributed by atoms with E-state index < -0.39 is 17.6 Å². The van der Waals surface area contributed by atoms with Crippen LogP contribution in [0.5, 0.6) is 0 Å². The number of Topliss-reactive ketones (excluding diaryl/α,β-unsaturated/α-hetero) is 1. The lowest BCUT2D eigenvalue weighted by atomic mass is 9.86. The first kappa shape index (κ1) is 22.4. The number of unbranched alkanes of at least 4 members (excludes halogenated alkanes) is 1. The minimum atomic E-state index is -0.818. The predicted molar refractivity (Wildman–Crippen MR) is 100 cm³/mol. The molecule has 1 rings (SSSR count). The van der Waals surface area contributed by atoms with Gasteiger partial charge in [0.05, 0.1) is 24.7 Å². The molecule has 1 fully saturated rings. The van der Waals surface area contributed by atoms with Crippen LogP contribution in [0.3, 0.4) is 0 Å². The van der Waals surface area contributed by atoms with E-state index in [1.54, 1.807) is 26.0 Å². The maximum absolute atomic E-state index is 12.7. The monoisotopic (exact) mass is 364 g/mol. The molecule has 1 saturated carbocycles.